The third-order valence-electron chi connectivity index (χ3n) is 4.15. The van der Waals surface area contributed by atoms with Crippen molar-refractivity contribution < 1.29 is 17.9 Å². The molecule has 0 aliphatic rings. The van der Waals surface area contributed by atoms with E-state index >= 15 is 0 Å². The van der Waals surface area contributed by atoms with Crippen molar-refractivity contribution in [2.75, 3.05) is 16.6 Å². The number of carbonyl (C=O) groups excluding carboxylic acids is 1. The number of sulfonamides is 1. The molecule has 6 nitrogen and oxygen atoms in total. The molecule has 0 saturated heterocycles. The van der Waals surface area contributed by atoms with Gasteiger partial charge in [-0.15, -0.1) is 0 Å². The van der Waals surface area contributed by atoms with Crippen LogP contribution in [0.4, 0.5) is 11.4 Å². The Balaban J connectivity index is 1.60. The van der Waals surface area contributed by atoms with Crippen molar-refractivity contribution in [1.82, 2.24) is 0 Å². The standard InChI is InChI=1S/C21H17Cl3N2O4S/c1-13-2-3-14(22)10-20(13)25-21(27)12-30-16-5-7-17(8-6-16)31(28,29)26-15-4-9-18(23)19(24)11-15/h2-11,26H,12H2,1H3,(H,25,27). The maximum atomic E-state index is 12.5. The zero-order valence-corrected chi connectivity index (χ0v) is 19.2. The highest BCUT2D eigenvalue weighted by molar-refractivity contribution is 7.92. The van der Waals surface area contributed by atoms with Crippen LogP contribution in [0.5, 0.6) is 5.75 Å². The number of amides is 1. The molecular formula is C21H17Cl3N2O4S. The highest BCUT2D eigenvalue weighted by Gasteiger charge is 2.15. The topological polar surface area (TPSA) is 84.5 Å². The zero-order chi connectivity index (χ0) is 22.6. The number of ether oxygens (including phenoxy) is 1. The lowest BCUT2D eigenvalue weighted by Crippen LogP contribution is -2.20. The summed E-state index contributed by atoms with van der Waals surface area (Å²) in [5.74, 6) is -0.0326. The maximum absolute atomic E-state index is 12.5. The van der Waals surface area contributed by atoms with Crippen LogP contribution < -0.4 is 14.8 Å². The van der Waals surface area contributed by atoms with Gasteiger partial charge in [0, 0.05) is 10.7 Å². The first-order chi connectivity index (χ1) is 14.6. The second kappa shape index (κ2) is 9.78. The molecule has 3 aromatic rings. The number of anilines is 2. The van der Waals surface area contributed by atoms with Crippen molar-refractivity contribution in [3.63, 3.8) is 0 Å². The number of aryl methyl sites for hydroxylation is 1. The quantitative estimate of drug-likeness (QED) is 0.432. The summed E-state index contributed by atoms with van der Waals surface area (Å²) in [5, 5.41) is 3.78. The average molecular weight is 500 g/mol. The van der Waals surface area contributed by atoms with Gasteiger partial charge in [0.1, 0.15) is 5.75 Å². The molecule has 0 aliphatic heterocycles. The maximum Gasteiger partial charge on any atom is 0.262 e. The second-order valence-electron chi connectivity index (χ2n) is 6.50. The van der Waals surface area contributed by atoms with Crippen LogP contribution in [0.25, 0.3) is 0 Å². The molecule has 0 spiro atoms. The first-order valence-electron chi connectivity index (χ1n) is 8.91. The van der Waals surface area contributed by atoms with Crippen LogP contribution in [0.2, 0.25) is 15.1 Å². The fourth-order valence-corrected chi connectivity index (χ4v) is 4.07. The first-order valence-corrected chi connectivity index (χ1v) is 11.5. The third-order valence-corrected chi connectivity index (χ3v) is 6.52. The Labute approximate surface area is 195 Å². The molecule has 3 aromatic carbocycles. The van der Waals surface area contributed by atoms with E-state index < -0.39 is 10.0 Å². The lowest BCUT2D eigenvalue weighted by atomic mass is 10.2. The van der Waals surface area contributed by atoms with Gasteiger partial charge in [0.25, 0.3) is 15.9 Å². The first kappa shape index (κ1) is 23.2. The van der Waals surface area contributed by atoms with E-state index in [2.05, 4.69) is 10.0 Å². The normalized spacial score (nSPS) is 11.1. The van der Waals surface area contributed by atoms with Crippen molar-refractivity contribution in [3.05, 3.63) is 81.3 Å². The van der Waals surface area contributed by atoms with Gasteiger partial charge >= 0.3 is 0 Å². The number of hydrogen-bond acceptors (Lipinski definition) is 4. The Morgan fingerprint density at radius 2 is 1.65 bits per heavy atom. The average Bonchev–Trinajstić information content (AvgIpc) is 2.72. The molecule has 0 saturated carbocycles. The molecule has 2 N–H and O–H groups in total. The molecule has 0 heterocycles. The highest BCUT2D eigenvalue weighted by atomic mass is 35.5. The van der Waals surface area contributed by atoms with E-state index in [1.807, 2.05) is 6.92 Å². The lowest BCUT2D eigenvalue weighted by molar-refractivity contribution is -0.118. The van der Waals surface area contributed by atoms with E-state index in [1.165, 1.54) is 42.5 Å². The Morgan fingerprint density at radius 1 is 0.935 bits per heavy atom. The molecule has 0 atom stereocenters. The molecular weight excluding hydrogens is 483 g/mol. The van der Waals surface area contributed by atoms with Crippen LogP contribution in [0.1, 0.15) is 5.56 Å². The van der Waals surface area contributed by atoms with Crippen LogP contribution in [-0.2, 0) is 14.8 Å². The van der Waals surface area contributed by atoms with Gasteiger partial charge in [0.15, 0.2) is 6.61 Å². The minimum Gasteiger partial charge on any atom is -0.484 e. The van der Waals surface area contributed by atoms with E-state index in [0.717, 1.165) is 5.56 Å². The Kier molecular flexibility index (Phi) is 7.33. The van der Waals surface area contributed by atoms with E-state index in [1.54, 1.807) is 18.2 Å². The Morgan fingerprint density at radius 3 is 2.32 bits per heavy atom. The SMILES string of the molecule is Cc1ccc(Cl)cc1NC(=O)COc1ccc(S(=O)(=O)Nc2ccc(Cl)c(Cl)c2)cc1. The van der Waals surface area contributed by atoms with E-state index in [4.69, 9.17) is 39.5 Å². The predicted molar refractivity (Wildman–Crippen MR) is 124 cm³/mol. The van der Waals surface area contributed by atoms with Crippen LogP contribution in [0.15, 0.2) is 65.6 Å². The summed E-state index contributed by atoms with van der Waals surface area (Å²) in [6.07, 6.45) is 0. The fraction of sp³-hybridized carbons (Fsp3) is 0.0952. The molecule has 162 valence electrons. The molecule has 31 heavy (non-hydrogen) atoms. The third kappa shape index (κ3) is 6.27. The molecule has 0 unspecified atom stereocenters. The summed E-state index contributed by atoms with van der Waals surface area (Å²) in [7, 11) is -3.84. The molecule has 0 radical (unpaired) electrons. The van der Waals surface area contributed by atoms with Gasteiger partial charge in [-0.3, -0.25) is 9.52 Å². The van der Waals surface area contributed by atoms with Gasteiger partial charge in [-0.2, -0.15) is 0 Å². The molecule has 10 heteroatoms. The van der Waals surface area contributed by atoms with E-state index in [9.17, 15) is 13.2 Å². The van der Waals surface area contributed by atoms with Crippen molar-refractivity contribution in [1.29, 1.82) is 0 Å². The summed E-state index contributed by atoms with van der Waals surface area (Å²) in [4.78, 5) is 12.1. The minimum absolute atomic E-state index is 0.0185. The number of rotatable bonds is 7. The van der Waals surface area contributed by atoms with Gasteiger partial charge in [0.2, 0.25) is 0 Å². The monoisotopic (exact) mass is 498 g/mol. The summed E-state index contributed by atoms with van der Waals surface area (Å²) >= 11 is 17.7. The zero-order valence-electron chi connectivity index (χ0n) is 16.2. The van der Waals surface area contributed by atoms with Crippen molar-refractivity contribution in [2.24, 2.45) is 0 Å². The lowest BCUT2D eigenvalue weighted by Gasteiger charge is -2.11. The number of carbonyl (C=O) groups is 1. The molecule has 1 amide bonds. The van der Waals surface area contributed by atoms with Crippen LogP contribution in [0.3, 0.4) is 0 Å². The summed E-state index contributed by atoms with van der Waals surface area (Å²) < 4.78 is 32.9. The van der Waals surface area contributed by atoms with Crippen molar-refractivity contribution in [2.45, 2.75) is 11.8 Å². The highest BCUT2D eigenvalue weighted by Crippen LogP contribution is 2.27. The van der Waals surface area contributed by atoms with Gasteiger partial charge in [-0.1, -0.05) is 40.9 Å². The molecule has 0 aliphatic carbocycles. The van der Waals surface area contributed by atoms with Crippen LogP contribution >= 0.6 is 34.8 Å². The Bertz CT molecular complexity index is 1220. The van der Waals surface area contributed by atoms with Crippen LogP contribution in [-0.4, -0.2) is 20.9 Å². The van der Waals surface area contributed by atoms with Crippen molar-refractivity contribution in [3.8, 4) is 5.75 Å². The largest absolute Gasteiger partial charge is 0.484 e. The fourth-order valence-electron chi connectivity index (χ4n) is 2.55. The predicted octanol–water partition coefficient (Wildman–Crippen LogP) is 5.77. The van der Waals surface area contributed by atoms with Gasteiger partial charge in [-0.25, -0.2) is 8.42 Å². The smallest absolute Gasteiger partial charge is 0.262 e. The van der Waals surface area contributed by atoms with Crippen molar-refractivity contribution >= 4 is 62.1 Å². The molecule has 0 bridgehead atoms. The number of halogens is 3. The van der Waals surface area contributed by atoms with E-state index in [0.29, 0.717) is 21.5 Å². The number of nitrogens with one attached hydrogen (secondary N) is 2. The second-order valence-corrected chi connectivity index (χ2v) is 9.44. The summed E-state index contributed by atoms with van der Waals surface area (Å²) in [5.41, 5.74) is 1.74. The van der Waals surface area contributed by atoms with Gasteiger partial charge in [-0.05, 0) is 67.1 Å². The molecule has 3 rings (SSSR count). The summed E-state index contributed by atoms with van der Waals surface area (Å²) in [6, 6.07) is 15.2. The van der Waals surface area contributed by atoms with Crippen LogP contribution in [0, 0.1) is 6.92 Å². The molecule has 0 aromatic heterocycles. The molecule has 0 fully saturated rings. The summed E-state index contributed by atoms with van der Waals surface area (Å²) in [6.45, 7) is 1.59. The van der Waals surface area contributed by atoms with Gasteiger partial charge in [0.05, 0.1) is 20.6 Å². The number of benzene rings is 3. The minimum atomic E-state index is -3.84. The van der Waals surface area contributed by atoms with E-state index in [-0.39, 0.29) is 28.1 Å². The Hall–Kier alpha value is -2.45. The number of hydrogen-bond donors (Lipinski definition) is 2. The van der Waals surface area contributed by atoms with Gasteiger partial charge < -0.3 is 10.1 Å².